The van der Waals surface area contributed by atoms with Gasteiger partial charge in [0.1, 0.15) is 17.1 Å². The number of carboxylic acid groups (broad SMARTS) is 1. The quantitative estimate of drug-likeness (QED) is 0.788. The lowest BCUT2D eigenvalue weighted by Gasteiger charge is -2.12. The highest BCUT2D eigenvalue weighted by Gasteiger charge is 2.19. The van der Waals surface area contributed by atoms with Gasteiger partial charge in [0.05, 0.1) is 9.50 Å². The summed E-state index contributed by atoms with van der Waals surface area (Å²) in [5, 5.41) is 9.19. The zero-order valence-electron chi connectivity index (χ0n) is 11.1. The number of ether oxygens (including phenoxy) is 1. The fraction of sp³-hybridized carbons (Fsp3) is 0.143. The van der Waals surface area contributed by atoms with E-state index in [1.807, 2.05) is 0 Å². The fourth-order valence-electron chi connectivity index (χ4n) is 1.82. The van der Waals surface area contributed by atoms with E-state index in [2.05, 4.69) is 20.9 Å². The molecule has 21 heavy (non-hydrogen) atoms. The lowest BCUT2D eigenvalue weighted by atomic mass is 10.1. The van der Waals surface area contributed by atoms with E-state index in [0.717, 1.165) is 6.07 Å². The average Bonchev–Trinajstić information content (AvgIpc) is 2.34. The van der Waals surface area contributed by atoms with Gasteiger partial charge < -0.3 is 9.84 Å². The predicted molar refractivity (Wildman–Crippen MR) is 79.9 cm³/mol. The molecule has 0 spiro atoms. The first-order valence-corrected chi connectivity index (χ1v) is 7.00. The Hall–Kier alpha value is -1.66. The molecule has 1 aromatic heterocycles. The van der Waals surface area contributed by atoms with Gasteiger partial charge in [0.15, 0.2) is 0 Å². The number of aryl methyl sites for hydroxylation is 2. The van der Waals surface area contributed by atoms with Crippen LogP contribution in [0.5, 0.6) is 11.6 Å². The van der Waals surface area contributed by atoms with E-state index in [1.165, 1.54) is 6.07 Å². The van der Waals surface area contributed by atoms with Crippen molar-refractivity contribution in [2.75, 3.05) is 0 Å². The van der Waals surface area contributed by atoms with E-state index >= 15 is 0 Å². The Morgan fingerprint density at radius 1 is 1.38 bits per heavy atom. The molecule has 7 heteroatoms. The molecule has 0 bridgehead atoms. The number of rotatable bonds is 3. The molecule has 0 aliphatic heterocycles. The Bertz CT molecular complexity index is 737. The van der Waals surface area contributed by atoms with Crippen LogP contribution in [0.1, 0.15) is 21.6 Å². The molecular formula is C14H10BrClFNO3. The predicted octanol–water partition coefficient (Wildman–Crippen LogP) is 4.74. The molecule has 2 rings (SSSR count). The number of carboxylic acids is 1. The van der Waals surface area contributed by atoms with Gasteiger partial charge in [-0.05, 0) is 47.5 Å². The van der Waals surface area contributed by atoms with Crippen LogP contribution in [0.15, 0.2) is 22.7 Å². The smallest absolute Gasteiger partial charge is 0.341 e. The van der Waals surface area contributed by atoms with E-state index in [1.54, 1.807) is 19.9 Å². The summed E-state index contributed by atoms with van der Waals surface area (Å²) in [7, 11) is 0. The van der Waals surface area contributed by atoms with Crippen LogP contribution in [0.2, 0.25) is 5.02 Å². The van der Waals surface area contributed by atoms with Gasteiger partial charge in [-0.3, -0.25) is 0 Å². The van der Waals surface area contributed by atoms with Crippen molar-refractivity contribution in [3.05, 3.63) is 50.3 Å². The van der Waals surface area contributed by atoms with Gasteiger partial charge in [-0.15, -0.1) is 0 Å². The number of nitrogens with zero attached hydrogens (tertiary/aromatic N) is 1. The summed E-state index contributed by atoms with van der Waals surface area (Å²) < 4.78 is 19.4. The van der Waals surface area contributed by atoms with Crippen molar-refractivity contribution in [1.82, 2.24) is 4.98 Å². The molecule has 4 nitrogen and oxygen atoms in total. The lowest BCUT2D eigenvalue weighted by molar-refractivity contribution is 0.0692. The van der Waals surface area contributed by atoms with E-state index in [0.29, 0.717) is 15.7 Å². The summed E-state index contributed by atoms with van der Waals surface area (Å²) in [4.78, 5) is 15.4. The van der Waals surface area contributed by atoms with Gasteiger partial charge in [0.25, 0.3) is 0 Å². The van der Waals surface area contributed by atoms with Gasteiger partial charge in [0.2, 0.25) is 5.88 Å². The minimum absolute atomic E-state index is 0.0668. The maximum absolute atomic E-state index is 13.5. The summed E-state index contributed by atoms with van der Waals surface area (Å²) in [6.45, 7) is 3.35. The standard InChI is InChI=1S/C14H10BrClFNO3/c1-6-3-7(2)18-13(12(6)14(19)20)21-11-5-10(17)9(16)4-8(11)15/h3-5H,1-2H3,(H,19,20). The number of pyridine rings is 1. The van der Waals surface area contributed by atoms with Crippen molar-refractivity contribution in [2.45, 2.75) is 13.8 Å². The van der Waals surface area contributed by atoms with Crippen molar-refractivity contribution in [1.29, 1.82) is 0 Å². The number of halogens is 3. The maximum atomic E-state index is 13.5. The van der Waals surface area contributed by atoms with E-state index in [9.17, 15) is 14.3 Å². The second kappa shape index (κ2) is 5.99. The minimum Gasteiger partial charge on any atom is -0.477 e. The first-order valence-electron chi connectivity index (χ1n) is 5.83. The normalized spacial score (nSPS) is 10.5. The van der Waals surface area contributed by atoms with Crippen molar-refractivity contribution >= 4 is 33.5 Å². The van der Waals surface area contributed by atoms with Crippen molar-refractivity contribution in [3.63, 3.8) is 0 Å². The largest absolute Gasteiger partial charge is 0.477 e. The summed E-state index contributed by atoms with van der Waals surface area (Å²) in [6.07, 6.45) is 0. The first kappa shape index (κ1) is 15.7. The molecule has 2 aromatic rings. The number of carbonyl (C=O) groups is 1. The maximum Gasteiger partial charge on any atom is 0.341 e. The average molecular weight is 375 g/mol. The molecule has 1 heterocycles. The molecule has 0 radical (unpaired) electrons. The second-order valence-corrected chi connectivity index (χ2v) is 5.63. The third-order valence-corrected chi connectivity index (χ3v) is 3.62. The van der Waals surface area contributed by atoms with Gasteiger partial charge in [-0.25, -0.2) is 14.2 Å². The topological polar surface area (TPSA) is 59.4 Å². The molecular weight excluding hydrogens is 365 g/mol. The van der Waals surface area contributed by atoms with Crippen molar-refractivity contribution in [2.24, 2.45) is 0 Å². The zero-order chi connectivity index (χ0) is 15.7. The van der Waals surface area contributed by atoms with Gasteiger partial charge in [-0.2, -0.15) is 0 Å². The van der Waals surface area contributed by atoms with E-state index in [4.69, 9.17) is 16.3 Å². The van der Waals surface area contributed by atoms with Crippen LogP contribution in [0.4, 0.5) is 4.39 Å². The molecule has 0 atom stereocenters. The minimum atomic E-state index is -1.17. The highest BCUT2D eigenvalue weighted by molar-refractivity contribution is 9.10. The Morgan fingerprint density at radius 3 is 2.67 bits per heavy atom. The zero-order valence-corrected chi connectivity index (χ0v) is 13.4. The van der Waals surface area contributed by atoms with Crippen LogP contribution >= 0.6 is 27.5 Å². The molecule has 0 saturated carbocycles. The molecule has 0 unspecified atom stereocenters. The number of hydrogen-bond acceptors (Lipinski definition) is 3. The van der Waals surface area contributed by atoms with E-state index < -0.39 is 11.8 Å². The van der Waals surface area contributed by atoms with Crippen molar-refractivity contribution < 1.29 is 19.0 Å². The second-order valence-electron chi connectivity index (χ2n) is 4.36. The fourth-order valence-corrected chi connectivity index (χ4v) is 2.54. The van der Waals surface area contributed by atoms with Gasteiger partial charge in [0, 0.05) is 11.8 Å². The molecule has 1 aromatic carbocycles. The summed E-state index contributed by atoms with van der Waals surface area (Å²) in [5.41, 5.74) is 1.04. The summed E-state index contributed by atoms with van der Waals surface area (Å²) in [6, 6.07) is 4.03. The van der Waals surface area contributed by atoms with E-state index in [-0.39, 0.29) is 22.2 Å². The van der Waals surface area contributed by atoms with Crippen molar-refractivity contribution in [3.8, 4) is 11.6 Å². The van der Waals surface area contributed by atoms with Crippen LogP contribution < -0.4 is 4.74 Å². The Morgan fingerprint density at radius 2 is 2.05 bits per heavy atom. The number of hydrogen-bond donors (Lipinski definition) is 1. The molecule has 0 amide bonds. The molecule has 0 aliphatic carbocycles. The van der Waals surface area contributed by atoms with Gasteiger partial charge in [-0.1, -0.05) is 11.6 Å². The van der Waals surface area contributed by atoms with Crippen LogP contribution in [0.25, 0.3) is 0 Å². The highest BCUT2D eigenvalue weighted by Crippen LogP contribution is 2.35. The first-order chi connectivity index (χ1) is 9.79. The molecule has 0 fully saturated rings. The Balaban J connectivity index is 2.54. The summed E-state index contributed by atoms with van der Waals surface area (Å²) >= 11 is 8.84. The van der Waals surface area contributed by atoms with Gasteiger partial charge >= 0.3 is 5.97 Å². The lowest BCUT2D eigenvalue weighted by Crippen LogP contribution is -2.06. The monoisotopic (exact) mass is 373 g/mol. The summed E-state index contributed by atoms with van der Waals surface area (Å²) in [5.74, 6) is -1.84. The highest BCUT2D eigenvalue weighted by atomic mass is 79.9. The Kier molecular flexibility index (Phi) is 4.49. The van der Waals surface area contributed by atoms with Crippen LogP contribution in [0.3, 0.4) is 0 Å². The number of aromatic carboxylic acids is 1. The Labute approximate surface area is 133 Å². The van der Waals surface area contributed by atoms with Crippen LogP contribution in [-0.2, 0) is 0 Å². The molecule has 1 N–H and O–H groups in total. The van der Waals surface area contributed by atoms with Crippen LogP contribution in [0, 0.1) is 19.7 Å². The third kappa shape index (κ3) is 3.33. The molecule has 0 aliphatic rings. The SMILES string of the molecule is Cc1cc(C)c(C(=O)O)c(Oc2cc(F)c(Cl)cc2Br)n1. The third-order valence-electron chi connectivity index (χ3n) is 2.71. The number of benzene rings is 1. The van der Waals surface area contributed by atoms with Crippen LogP contribution in [-0.4, -0.2) is 16.1 Å². The molecule has 110 valence electrons. The molecule has 0 saturated heterocycles. The number of aromatic nitrogens is 1.